The van der Waals surface area contributed by atoms with E-state index in [0.29, 0.717) is 12.0 Å². The van der Waals surface area contributed by atoms with Crippen molar-refractivity contribution in [3.8, 4) is 0 Å². The van der Waals surface area contributed by atoms with Crippen LogP contribution in [-0.4, -0.2) is 51.1 Å². The largest absolute Gasteiger partial charge is 0.445 e. The molecule has 7 nitrogen and oxygen atoms in total. The van der Waals surface area contributed by atoms with Gasteiger partial charge in [-0.1, -0.05) is 5.16 Å². The van der Waals surface area contributed by atoms with Crippen LogP contribution in [0.25, 0.3) is 0 Å². The van der Waals surface area contributed by atoms with Crippen LogP contribution < -0.4 is 0 Å². The lowest BCUT2D eigenvalue weighted by Crippen LogP contribution is -2.35. The van der Waals surface area contributed by atoms with E-state index in [1.165, 1.54) is 12.8 Å². The van der Waals surface area contributed by atoms with E-state index in [4.69, 9.17) is 8.94 Å². The van der Waals surface area contributed by atoms with Crippen molar-refractivity contribution in [1.82, 2.24) is 24.9 Å². The van der Waals surface area contributed by atoms with Gasteiger partial charge >= 0.3 is 0 Å². The third kappa shape index (κ3) is 3.23. The van der Waals surface area contributed by atoms with Crippen molar-refractivity contribution < 1.29 is 8.94 Å². The van der Waals surface area contributed by atoms with E-state index in [2.05, 4.69) is 38.9 Å². The number of likely N-dealkylation sites (tertiary alicyclic amines) is 1. The van der Waals surface area contributed by atoms with Crippen LogP contribution >= 0.6 is 0 Å². The van der Waals surface area contributed by atoms with Crippen LogP contribution in [-0.2, 0) is 6.54 Å². The van der Waals surface area contributed by atoms with Gasteiger partial charge in [-0.25, -0.2) is 4.98 Å². The predicted molar refractivity (Wildman–Crippen MR) is 87.4 cm³/mol. The minimum absolute atomic E-state index is 0.174. The monoisotopic (exact) mass is 331 g/mol. The Balaban J connectivity index is 1.34. The van der Waals surface area contributed by atoms with E-state index >= 15 is 0 Å². The Morgan fingerprint density at radius 1 is 1.38 bits per heavy atom. The second-order valence-corrected chi connectivity index (χ2v) is 7.16. The maximum absolute atomic E-state index is 5.59. The Bertz CT molecular complexity index is 693. The fraction of sp³-hybridized carbons (Fsp3) is 0.706. The zero-order chi connectivity index (χ0) is 16.7. The zero-order valence-electron chi connectivity index (χ0n) is 14.6. The summed E-state index contributed by atoms with van der Waals surface area (Å²) in [5, 5.41) is 4.14. The summed E-state index contributed by atoms with van der Waals surface area (Å²) in [6, 6.07) is 0.665. The van der Waals surface area contributed by atoms with Crippen molar-refractivity contribution in [1.29, 1.82) is 0 Å². The quantitative estimate of drug-likeness (QED) is 0.805. The normalized spacial score (nSPS) is 23.2. The molecule has 0 amide bonds. The van der Waals surface area contributed by atoms with Gasteiger partial charge in [-0.05, 0) is 40.2 Å². The van der Waals surface area contributed by atoms with Gasteiger partial charge in [0.1, 0.15) is 5.76 Å². The van der Waals surface area contributed by atoms with Crippen molar-refractivity contribution in [2.24, 2.45) is 0 Å². The van der Waals surface area contributed by atoms with Gasteiger partial charge in [0, 0.05) is 25.0 Å². The van der Waals surface area contributed by atoms with Crippen LogP contribution in [0.5, 0.6) is 0 Å². The van der Waals surface area contributed by atoms with Crippen LogP contribution in [0, 0.1) is 6.92 Å². The van der Waals surface area contributed by atoms with E-state index in [9.17, 15) is 0 Å². The number of likely N-dealkylation sites (N-methyl/N-ethyl adjacent to an activating group) is 1. The first-order valence-electron chi connectivity index (χ1n) is 8.79. The van der Waals surface area contributed by atoms with Crippen LogP contribution in [0.1, 0.15) is 61.5 Å². The SMILES string of the molecule is Cc1cnc(CN(C)[C@@H]2CCN([C@H](C)c3nc(C4CC4)no3)C2)o1. The van der Waals surface area contributed by atoms with Gasteiger partial charge < -0.3 is 8.94 Å². The third-order valence-electron chi connectivity index (χ3n) is 5.18. The first-order valence-corrected chi connectivity index (χ1v) is 8.79. The zero-order valence-corrected chi connectivity index (χ0v) is 14.6. The number of nitrogens with zero attached hydrogens (tertiary/aromatic N) is 5. The molecule has 0 unspecified atom stereocenters. The molecule has 1 saturated heterocycles. The number of oxazole rings is 1. The van der Waals surface area contributed by atoms with E-state index in [-0.39, 0.29) is 6.04 Å². The molecule has 2 aliphatic rings. The fourth-order valence-electron chi connectivity index (χ4n) is 3.38. The summed E-state index contributed by atoms with van der Waals surface area (Å²) in [4.78, 5) is 13.6. The summed E-state index contributed by atoms with van der Waals surface area (Å²) in [5.74, 6) is 3.83. The molecular formula is C17H25N5O2. The lowest BCUT2D eigenvalue weighted by Gasteiger charge is -2.25. The van der Waals surface area contributed by atoms with Crippen molar-refractivity contribution >= 4 is 0 Å². The Kier molecular flexibility index (Phi) is 4.14. The molecular weight excluding hydrogens is 306 g/mol. The number of hydrogen-bond donors (Lipinski definition) is 0. The first kappa shape index (κ1) is 15.8. The molecule has 3 heterocycles. The maximum atomic E-state index is 5.59. The molecule has 130 valence electrons. The van der Waals surface area contributed by atoms with Crippen LogP contribution in [0.3, 0.4) is 0 Å². The van der Waals surface area contributed by atoms with Gasteiger partial charge in [0.15, 0.2) is 5.82 Å². The Morgan fingerprint density at radius 2 is 2.21 bits per heavy atom. The molecule has 1 aliphatic heterocycles. The van der Waals surface area contributed by atoms with Gasteiger partial charge in [-0.3, -0.25) is 9.80 Å². The molecule has 7 heteroatoms. The van der Waals surface area contributed by atoms with Gasteiger partial charge in [-0.15, -0.1) is 0 Å². The summed E-state index contributed by atoms with van der Waals surface area (Å²) >= 11 is 0. The minimum Gasteiger partial charge on any atom is -0.445 e. The highest BCUT2D eigenvalue weighted by Gasteiger charge is 2.34. The highest BCUT2D eigenvalue weighted by atomic mass is 16.5. The van der Waals surface area contributed by atoms with Gasteiger partial charge in [-0.2, -0.15) is 4.98 Å². The van der Waals surface area contributed by atoms with Crippen LogP contribution in [0.2, 0.25) is 0 Å². The lowest BCUT2D eigenvalue weighted by molar-refractivity contribution is 0.173. The molecule has 2 aromatic rings. The second kappa shape index (κ2) is 6.29. The highest BCUT2D eigenvalue weighted by molar-refractivity contribution is 5.05. The average Bonchev–Trinajstić information content (AvgIpc) is 3.00. The second-order valence-electron chi connectivity index (χ2n) is 7.16. The number of aromatic nitrogens is 3. The van der Waals surface area contributed by atoms with E-state index < -0.39 is 0 Å². The number of hydrogen-bond acceptors (Lipinski definition) is 7. The molecule has 0 spiro atoms. The third-order valence-corrected chi connectivity index (χ3v) is 5.18. The summed E-state index contributed by atoms with van der Waals surface area (Å²) in [5.41, 5.74) is 0. The number of rotatable bonds is 6. The smallest absolute Gasteiger partial charge is 0.243 e. The van der Waals surface area contributed by atoms with Crippen LogP contribution in [0.4, 0.5) is 0 Å². The molecule has 0 bridgehead atoms. The van der Waals surface area contributed by atoms with E-state index in [1.807, 2.05) is 6.92 Å². The van der Waals surface area contributed by atoms with Crippen molar-refractivity contribution in [2.45, 2.75) is 57.7 Å². The molecule has 1 saturated carbocycles. The molecule has 2 atom stereocenters. The van der Waals surface area contributed by atoms with E-state index in [1.54, 1.807) is 6.20 Å². The Labute approximate surface area is 142 Å². The van der Waals surface area contributed by atoms with Crippen LogP contribution in [0.15, 0.2) is 15.1 Å². The molecule has 1 aliphatic carbocycles. The lowest BCUT2D eigenvalue weighted by atomic mass is 10.2. The summed E-state index contributed by atoms with van der Waals surface area (Å²) in [6.07, 6.45) is 5.30. The predicted octanol–water partition coefficient (Wildman–Crippen LogP) is 2.51. The number of aryl methyl sites for hydroxylation is 1. The van der Waals surface area contributed by atoms with Crippen molar-refractivity contribution in [3.63, 3.8) is 0 Å². The molecule has 0 aromatic carbocycles. The topological polar surface area (TPSA) is 71.4 Å². The molecule has 0 N–H and O–H groups in total. The average molecular weight is 331 g/mol. The van der Waals surface area contributed by atoms with Gasteiger partial charge in [0.25, 0.3) is 0 Å². The Morgan fingerprint density at radius 3 is 2.92 bits per heavy atom. The maximum Gasteiger partial charge on any atom is 0.243 e. The van der Waals surface area contributed by atoms with Crippen molar-refractivity contribution in [3.05, 3.63) is 29.6 Å². The molecule has 4 rings (SSSR count). The van der Waals surface area contributed by atoms with Gasteiger partial charge in [0.05, 0.1) is 18.8 Å². The molecule has 24 heavy (non-hydrogen) atoms. The molecule has 0 radical (unpaired) electrons. The summed E-state index contributed by atoms with van der Waals surface area (Å²) in [6.45, 7) is 6.87. The minimum atomic E-state index is 0.174. The Hall–Kier alpha value is -1.73. The fourth-order valence-corrected chi connectivity index (χ4v) is 3.38. The summed E-state index contributed by atoms with van der Waals surface area (Å²) in [7, 11) is 2.14. The standard InChI is InChI=1S/C17H25N5O2/c1-11-8-18-15(23-11)10-21(3)14-6-7-22(9-14)12(2)17-19-16(20-24-17)13-4-5-13/h8,12-14H,4-7,9-10H2,1-3H3/t12-,14-/m1/s1. The highest BCUT2D eigenvalue weighted by Crippen LogP contribution is 2.38. The molecule has 2 fully saturated rings. The van der Waals surface area contributed by atoms with Crippen molar-refractivity contribution in [2.75, 3.05) is 20.1 Å². The van der Waals surface area contributed by atoms with E-state index in [0.717, 1.165) is 49.4 Å². The summed E-state index contributed by atoms with van der Waals surface area (Å²) < 4.78 is 11.1. The first-order chi connectivity index (χ1) is 11.6. The van der Waals surface area contributed by atoms with Gasteiger partial charge in [0.2, 0.25) is 11.8 Å². The molecule has 2 aromatic heterocycles.